The van der Waals surface area contributed by atoms with Crippen LogP contribution in [0, 0.1) is 5.82 Å². The van der Waals surface area contributed by atoms with Crippen molar-refractivity contribution in [3.8, 4) is 5.75 Å². The summed E-state index contributed by atoms with van der Waals surface area (Å²) in [4.78, 5) is 13.5. The second-order valence-electron chi connectivity index (χ2n) is 5.04. The van der Waals surface area contributed by atoms with Gasteiger partial charge in [-0.25, -0.2) is 4.39 Å². The number of ether oxygens (including phenoxy) is 1. The maximum atomic E-state index is 13.7. The van der Waals surface area contributed by atoms with Gasteiger partial charge in [0, 0.05) is 23.8 Å². The fraction of sp³-hybridized carbons (Fsp3) is 0.235. The highest BCUT2D eigenvalue weighted by Gasteiger charge is 2.18. The lowest BCUT2D eigenvalue weighted by molar-refractivity contribution is -0.120. The van der Waals surface area contributed by atoms with Gasteiger partial charge in [-0.15, -0.1) is 0 Å². The van der Waals surface area contributed by atoms with Crippen molar-refractivity contribution in [3.05, 3.63) is 58.9 Å². The molecule has 0 aliphatic heterocycles. The van der Waals surface area contributed by atoms with Crippen LogP contribution in [0.1, 0.15) is 18.1 Å². The summed E-state index contributed by atoms with van der Waals surface area (Å²) in [6.45, 7) is 0. The summed E-state index contributed by atoms with van der Waals surface area (Å²) >= 11 is 5.79. The molecule has 0 aliphatic rings. The quantitative estimate of drug-likeness (QED) is 0.907. The smallest absolute Gasteiger partial charge is 0.229 e. The monoisotopic (exact) mass is 337 g/mol. The maximum absolute atomic E-state index is 13.7. The Morgan fingerprint density at radius 3 is 2.52 bits per heavy atom. The van der Waals surface area contributed by atoms with Gasteiger partial charge < -0.3 is 14.7 Å². The van der Waals surface area contributed by atoms with Crippen LogP contribution < -0.4 is 9.64 Å². The number of anilines is 1. The molecule has 0 aromatic heterocycles. The lowest BCUT2D eigenvalue weighted by Gasteiger charge is -2.20. The van der Waals surface area contributed by atoms with Crippen LogP contribution in [0.2, 0.25) is 5.02 Å². The number of nitrogens with zero attached hydrogens (tertiary/aromatic N) is 1. The summed E-state index contributed by atoms with van der Waals surface area (Å²) in [7, 11) is 2.90. The van der Waals surface area contributed by atoms with E-state index in [1.54, 1.807) is 30.3 Å². The van der Waals surface area contributed by atoms with E-state index in [4.69, 9.17) is 16.3 Å². The van der Waals surface area contributed by atoms with Crippen LogP contribution in [-0.4, -0.2) is 25.2 Å². The summed E-state index contributed by atoms with van der Waals surface area (Å²) < 4.78 is 18.6. The molecule has 0 heterocycles. The molecule has 0 bridgehead atoms. The Kier molecular flexibility index (Phi) is 5.58. The van der Waals surface area contributed by atoms with Crippen LogP contribution in [-0.2, 0) is 4.79 Å². The van der Waals surface area contributed by atoms with Crippen molar-refractivity contribution in [2.75, 3.05) is 19.1 Å². The first-order valence-electron chi connectivity index (χ1n) is 6.96. The second kappa shape index (κ2) is 7.44. The van der Waals surface area contributed by atoms with E-state index in [-0.39, 0.29) is 18.1 Å². The summed E-state index contributed by atoms with van der Waals surface area (Å²) in [6.07, 6.45) is -1.07. The zero-order chi connectivity index (χ0) is 17.0. The fourth-order valence-corrected chi connectivity index (χ4v) is 2.24. The number of carbonyl (C=O) groups excluding carboxylic acids is 1. The SMILES string of the molecule is COc1ccc(N(C)C(=O)C[C@@H](O)c2ccc(Cl)cc2)cc1F. The molecule has 0 unspecified atom stereocenters. The topological polar surface area (TPSA) is 49.8 Å². The van der Waals surface area contributed by atoms with Crippen molar-refractivity contribution in [3.63, 3.8) is 0 Å². The van der Waals surface area contributed by atoms with Gasteiger partial charge in [-0.3, -0.25) is 4.79 Å². The second-order valence-corrected chi connectivity index (χ2v) is 5.48. The van der Waals surface area contributed by atoms with E-state index in [1.807, 2.05) is 0 Å². The van der Waals surface area contributed by atoms with Gasteiger partial charge in [-0.05, 0) is 29.8 Å². The Labute approximate surface area is 139 Å². The van der Waals surface area contributed by atoms with Gasteiger partial charge in [0.2, 0.25) is 5.91 Å². The Hall–Kier alpha value is -2.11. The van der Waals surface area contributed by atoms with Gasteiger partial charge in [-0.1, -0.05) is 23.7 Å². The minimum atomic E-state index is -0.953. The summed E-state index contributed by atoms with van der Waals surface area (Å²) in [5.74, 6) is -0.782. The van der Waals surface area contributed by atoms with E-state index in [2.05, 4.69) is 0 Å². The Morgan fingerprint density at radius 1 is 1.30 bits per heavy atom. The Bertz CT molecular complexity index is 691. The highest BCUT2D eigenvalue weighted by molar-refractivity contribution is 6.30. The molecule has 2 rings (SSSR count). The average molecular weight is 338 g/mol. The first kappa shape index (κ1) is 17.2. The van der Waals surface area contributed by atoms with Gasteiger partial charge in [-0.2, -0.15) is 0 Å². The minimum absolute atomic E-state index is 0.107. The first-order chi connectivity index (χ1) is 10.9. The normalized spacial score (nSPS) is 11.9. The minimum Gasteiger partial charge on any atom is -0.494 e. The molecule has 0 spiro atoms. The lowest BCUT2D eigenvalue weighted by Crippen LogP contribution is -2.27. The molecule has 0 saturated carbocycles. The molecule has 122 valence electrons. The maximum Gasteiger partial charge on any atom is 0.229 e. The molecule has 2 aromatic rings. The zero-order valence-corrected chi connectivity index (χ0v) is 13.5. The van der Waals surface area contributed by atoms with Crippen molar-refractivity contribution in [1.29, 1.82) is 0 Å². The van der Waals surface area contributed by atoms with Gasteiger partial charge in [0.25, 0.3) is 0 Å². The predicted molar refractivity (Wildman–Crippen MR) is 87.4 cm³/mol. The molecule has 0 radical (unpaired) electrons. The number of halogens is 2. The van der Waals surface area contributed by atoms with Crippen LogP contribution in [0.4, 0.5) is 10.1 Å². The van der Waals surface area contributed by atoms with Crippen LogP contribution in [0.25, 0.3) is 0 Å². The van der Waals surface area contributed by atoms with Crippen molar-refractivity contribution in [2.45, 2.75) is 12.5 Å². The van der Waals surface area contributed by atoms with Crippen LogP contribution in [0.5, 0.6) is 5.75 Å². The third-order valence-electron chi connectivity index (χ3n) is 3.52. The number of methoxy groups -OCH3 is 1. The standard InChI is InChI=1S/C17H17ClFNO3/c1-20(13-7-8-16(23-2)14(19)9-13)17(22)10-15(21)11-3-5-12(18)6-4-11/h3-9,15,21H,10H2,1-2H3/t15-/m1/s1. The molecule has 4 nitrogen and oxygen atoms in total. The molecule has 1 N–H and O–H groups in total. The third kappa shape index (κ3) is 4.21. The van der Waals surface area contributed by atoms with Crippen molar-refractivity contribution < 1.29 is 19.0 Å². The fourth-order valence-electron chi connectivity index (χ4n) is 2.11. The molecule has 1 atom stereocenters. The summed E-state index contributed by atoms with van der Waals surface area (Å²) in [6, 6.07) is 10.9. The number of aliphatic hydroxyl groups excluding tert-OH is 1. The van der Waals surface area contributed by atoms with Crippen molar-refractivity contribution in [2.24, 2.45) is 0 Å². The number of benzene rings is 2. The molecule has 1 amide bonds. The summed E-state index contributed by atoms with van der Waals surface area (Å²) in [5.41, 5.74) is 0.980. The molecular weight excluding hydrogens is 321 g/mol. The molecule has 23 heavy (non-hydrogen) atoms. The van der Waals surface area contributed by atoms with Crippen LogP contribution >= 0.6 is 11.6 Å². The number of carbonyl (C=O) groups is 1. The van der Waals surface area contributed by atoms with Crippen molar-refractivity contribution >= 4 is 23.2 Å². The number of hydrogen-bond acceptors (Lipinski definition) is 3. The van der Waals surface area contributed by atoms with Gasteiger partial charge in [0.05, 0.1) is 19.6 Å². The van der Waals surface area contributed by atoms with E-state index in [9.17, 15) is 14.3 Å². The lowest BCUT2D eigenvalue weighted by atomic mass is 10.1. The Morgan fingerprint density at radius 2 is 1.96 bits per heavy atom. The number of hydrogen-bond donors (Lipinski definition) is 1. The number of amides is 1. The van der Waals surface area contributed by atoms with Gasteiger partial charge in [0.15, 0.2) is 11.6 Å². The Balaban J connectivity index is 2.07. The van der Waals surface area contributed by atoms with Gasteiger partial charge in [0.1, 0.15) is 0 Å². The zero-order valence-electron chi connectivity index (χ0n) is 12.8. The molecule has 0 fully saturated rings. The van der Waals surface area contributed by atoms with Crippen LogP contribution in [0.15, 0.2) is 42.5 Å². The number of aliphatic hydroxyl groups is 1. The van der Waals surface area contributed by atoms with E-state index in [0.29, 0.717) is 16.3 Å². The first-order valence-corrected chi connectivity index (χ1v) is 7.33. The largest absolute Gasteiger partial charge is 0.494 e. The molecule has 0 aliphatic carbocycles. The summed E-state index contributed by atoms with van der Waals surface area (Å²) in [5, 5.41) is 10.7. The van der Waals surface area contributed by atoms with Gasteiger partial charge >= 0.3 is 0 Å². The molecule has 6 heteroatoms. The number of rotatable bonds is 5. The molecule has 0 saturated heterocycles. The highest BCUT2D eigenvalue weighted by Crippen LogP contribution is 2.25. The highest BCUT2D eigenvalue weighted by atomic mass is 35.5. The van der Waals surface area contributed by atoms with E-state index < -0.39 is 11.9 Å². The molecular formula is C17H17ClFNO3. The van der Waals surface area contributed by atoms with E-state index >= 15 is 0 Å². The van der Waals surface area contributed by atoms with Crippen molar-refractivity contribution in [1.82, 2.24) is 0 Å². The molecule has 2 aromatic carbocycles. The average Bonchev–Trinajstić information content (AvgIpc) is 2.54. The predicted octanol–water partition coefficient (Wildman–Crippen LogP) is 3.57. The van der Waals surface area contributed by atoms with Crippen LogP contribution in [0.3, 0.4) is 0 Å². The van der Waals surface area contributed by atoms with E-state index in [1.165, 1.54) is 31.2 Å². The van der Waals surface area contributed by atoms with E-state index in [0.717, 1.165) is 0 Å². The third-order valence-corrected chi connectivity index (χ3v) is 3.77.